The quantitative estimate of drug-likeness (QED) is 0.537. The summed E-state index contributed by atoms with van der Waals surface area (Å²) in [6, 6.07) is 0. The number of H-pyrrole nitrogens is 1. The lowest BCUT2D eigenvalue weighted by Crippen LogP contribution is -2.31. The SMILES string of the molecule is CCOCCC(=O)NS(=O)(=O)c1c(C)[nH]c(C(=O)OCC)c1C. The number of hydrogen-bond donors (Lipinski definition) is 2. The van der Waals surface area contributed by atoms with Crippen molar-refractivity contribution in [2.75, 3.05) is 19.8 Å². The van der Waals surface area contributed by atoms with Crippen molar-refractivity contribution < 1.29 is 27.5 Å². The van der Waals surface area contributed by atoms with Crippen molar-refractivity contribution in [3.63, 3.8) is 0 Å². The standard InChI is InChI=1S/C14H22N2O6S/c1-5-21-8-7-11(17)16-23(19,20)13-9(3)12(15-10(13)4)14(18)22-6-2/h15H,5-8H2,1-4H3,(H,16,17). The van der Waals surface area contributed by atoms with E-state index in [0.717, 1.165) is 0 Å². The fraction of sp³-hybridized carbons (Fsp3) is 0.571. The Balaban J connectivity index is 3.00. The summed E-state index contributed by atoms with van der Waals surface area (Å²) in [4.78, 5) is 26.1. The van der Waals surface area contributed by atoms with Crippen molar-refractivity contribution in [2.24, 2.45) is 0 Å². The van der Waals surface area contributed by atoms with Crippen molar-refractivity contribution >= 4 is 21.9 Å². The first kappa shape index (κ1) is 19.2. The molecule has 1 amide bonds. The van der Waals surface area contributed by atoms with Crippen LogP contribution in [-0.2, 0) is 24.3 Å². The number of rotatable bonds is 8. The van der Waals surface area contributed by atoms with Gasteiger partial charge in [-0.15, -0.1) is 0 Å². The van der Waals surface area contributed by atoms with Crippen molar-refractivity contribution in [3.8, 4) is 0 Å². The molecule has 1 heterocycles. The Morgan fingerprint density at radius 1 is 1.17 bits per heavy atom. The first-order valence-corrected chi connectivity index (χ1v) is 8.72. The number of esters is 1. The predicted octanol–water partition coefficient (Wildman–Crippen LogP) is 1.04. The smallest absolute Gasteiger partial charge is 0.355 e. The van der Waals surface area contributed by atoms with E-state index in [2.05, 4.69) is 4.98 Å². The second-order valence-electron chi connectivity index (χ2n) is 4.78. The molecule has 0 aliphatic rings. The summed E-state index contributed by atoms with van der Waals surface area (Å²) in [5, 5.41) is 0. The molecule has 0 aliphatic heterocycles. The molecule has 0 bridgehead atoms. The zero-order valence-electron chi connectivity index (χ0n) is 13.7. The number of aromatic amines is 1. The third kappa shape index (κ3) is 4.80. The molecule has 0 fully saturated rings. The van der Waals surface area contributed by atoms with Crippen LogP contribution in [0.4, 0.5) is 0 Å². The van der Waals surface area contributed by atoms with E-state index in [9.17, 15) is 18.0 Å². The summed E-state index contributed by atoms with van der Waals surface area (Å²) in [5.41, 5.74) is 0.535. The fourth-order valence-corrected chi connectivity index (χ4v) is 3.57. The largest absolute Gasteiger partial charge is 0.461 e. The molecule has 0 aliphatic carbocycles. The minimum Gasteiger partial charge on any atom is -0.461 e. The molecular formula is C14H22N2O6S. The maximum Gasteiger partial charge on any atom is 0.355 e. The minimum absolute atomic E-state index is 0.0616. The Kier molecular flexibility index (Phi) is 6.77. The van der Waals surface area contributed by atoms with Gasteiger partial charge >= 0.3 is 5.97 Å². The van der Waals surface area contributed by atoms with Crippen molar-refractivity contribution in [2.45, 2.75) is 39.0 Å². The molecule has 0 saturated carbocycles. The van der Waals surface area contributed by atoms with Crippen LogP contribution in [0.15, 0.2) is 4.90 Å². The van der Waals surface area contributed by atoms with Crippen LogP contribution in [0.5, 0.6) is 0 Å². The van der Waals surface area contributed by atoms with E-state index < -0.39 is 21.9 Å². The number of aromatic nitrogens is 1. The monoisotopic (exact) mass is 346 g/mol. The van der Waals surface area contributed by atoms with E-state index in [4.69, 9.17) is 9.47 Å². The lowest BCUT2D eigenvalue weighted by Gasteiger charge is -2.08. The molecule has 130 valence electrons. The zero-order chi connectivity index (χ0) is 17.6. The molecule has 1 aromatic heterocycles. The number of aryl methyl sites for hydroxylation is 1. The summed E-state index contributed by atoms with van der Waals surface area (Å²) in [7, 11) is -4.08. The van der Waals surface area contributed by atoms with E-state index >= 15 is 0 Å². The maximum atomic E-state index is 12.4. The molecule has 23 heavy (non-hydrogen) atoms. The second-order valence-corrected chi connectivity index (χ2v) is 6.39. The summed E-state index contributed by atoms with van der Waals surface area (Å²) in [6.07, 6.45) is -0.0691. The molecule has 0 spiro atoms. The number of hydrogen-bond acceptors (Lipinski definition) is 6. The van der Waals surface area contributed by atoms with Gasteiger partial charge in [0, 0.05) is 17.9 Å². The molecule has 1 rings (SSSR count). The van der Waals surface area contributed by atoms with Gasteiger partial charge in [-0.25, -0.2) is 17.9 Å². The molecule has 0 aromatic carbocycles. The van der Waals surface area contributed by atoms with Gasteiger partial charge < -0.3 is 14.5 Å². The van der Waals surface area contributed by atoms with Crippen molar-refractivity contribution in [1.82, 2.24) is 9.71 Å². The third-order valence-corrected chi connectivity index (χ3v) is 4.69. The molecular weight excluding hydrogens is 324 g/mol. The minimum atomic E-state index is -4.08. The molecule has 8 nitrogen and oxygen atoms in total. The van der Waals surface area contributed by atoms with Crippen LogP contribution in [0.2, 0.25) is 0 Å². The Bertz CT molecular complexity index is 678. The first-order chi connectivity index (χ1) is 10.7. The lowest BCUT2D eigenvalue weighted by atomic mass is 10.2. The van der Waals surface area contributed by atoms with E-state index in [-0.39, 0.29) is 41.5 Å². The van der Waals surface area contributed by atoms with Crippen LogP contribution in [0.1, 0.15) is 42.0 Å². The van der Waals surface area contributed by atoms with E-state index in [1.165, 1.54) is 13.8 Å². The fourth-order valence-electron chi connectivity index (χ4n) is 2.10. The van der Waals surface area contributed by atoms with Gasteiger partial charge in [-0.2, -0.15) is 0 Å². The summed E-state index contributed by atoms with van der Waals surface area (Å²) in [6.45, 7) is 7.17. The average Bonchev–Trinajstić information content (AvgIpc) is 2.74. The highest BCUT2D eigenvalue weighted by molar-refractivity contribution is 7.90. The van der Waals surface area contributed by atoms with Crippen LogP contribution in [-0.4, -0.2) is 45.1 Å². The summed E-state index contributed by atoms with van der Waals surface area (Å²) < 4.78 is 36.6. The number of amides is 1. The number of carbonyl (C=O) groups excluding carboxylic acids is 2. The molecule has 0 atom stereocenters. The van der Waals surface area contributed by atoms with Gasteiger partial charge in [-0.3, -0.25) is 4.79 Å². The molecule has 2 N–H and O–H groups in total. The molecule has 0 saturated heterocycles. The van der Waals surface area contributed by atoms with Gasteiger partial charge in [0.25, 0.3) is 10.0 Å². The molecule has 9 heteroatoms. The van der Waals surface area contributed by atoms with Crippen LogP contribution < -0.4 is 4.72 Å². The Labute approximate surface area is 135 Å². The number of ether oxygens (including phenoxy) is 2. The van der Waals surface area contributed by atoms with Crippen LogP contribution >= 0.6 is 0 Å². The van der Waals surface area contributed by atoms with Gasteiger partial charge in [0.15, 0.2) is 0 Å². The summed E-state index contributed by atoms with van der Waals surface area (Å²) in [5.74, 6) is -1.31. The Morgan fingerprint density at radius 2 is 1.83 bits per heavy atom. The molecule has 1 aromatic rings. The highest BCUT2D eigenvalue weighted by Crippen LogP contribution is 2.23. The normalized spacial score (nSPS) is 11.3. The maximum absolute atomic E-state index is 12.4. The van der Waals surface area contributed by atoms with Gasteiger partial charge in [-0.1, -0.05) is 0 Å². The third-order valence-electron chi connectivity index (χ3n) is 3.04. The highest BCUT2D eigenvalue weighted by Gasteiger charge is 2.28. The predicted molar refractivity (Wildman–Crippen MR) is 82.7 cm³/mol. The van der Waals surface area contributed by atoms with E-state index in [1.54, 1.807) is 13.8 Å². The highest BCUT2D eigenvalue weighted by atomic mass is 32.2. The molecule has 0 radical (unpaired) electrons. The average molecular weight is 346 g/mol. The van der Waals surface area contributed by atoms with Crippen LogP contribution in [0.3, 0.4) is 0 Å². The Hall–Kier alpha value is -1.87. The van der Waals surface area contributed by atoms with Crippen LogP contribution in [0.25, 0.3) is 0 Å². The number of sulfonamides is 1. The van der Waals surface area contributed by atoms with Gasteiger partial charge in [0.2, 0.25) is 5.91 Å². The second kappa shape index (κ2) is 8.11. The van der Waals surface area contributed by atoms with Crippen molar-refractivity contribution in [3.05, 3.63) is 17.0 Å². The molecule has 0 unspecified atom stereocenters. The Morgan fingerprint density at radius 3 is 2.39 bits per heavy atom. The number of nitrogens with one attached hydrogen (secondary N) is 2. The van der Waals surface area contributed by atoms with Gasteiger partial charge in [0.1, 0.15) is 10.6 Å². The topological polar surface area (TPSA) is 115 Å². The zero-order valence-corrected chi connectivity index (χ0v) is 14.5. The van der Waals surface area contributed by atoms with Crippen LogP contribution in [0, 0.1) is 13.8 Å². The van der Waals surface area contributed by atoms with E-state index in [1.807, 2.05) is 4.72 Å². The van der Waals surface area contributed by atoms with Gasteiger partial charge in [0.05, 0.1) is 19.6 Å². The lowest BCUT2D eigenvalue weighted by molar-refractivity contribution is -0.120. The van der Waals surface area contributed by atoms with E-state index in [0.29, 0.717) is 6.61 Å². The van der Waals surface area contributed by atoms with Gasteiger partial charge in [-0.05, 0) is 27.7 Å². The van der Waals surface area contributed by atoms with Crippen molar-refractivity contribution in [1.29, 1.82) is 0 Å². The first-order valence-electron chi connectivity index (χ1n) is 7.24. The number of carbonyl (C=O) groups is 2. The summed E-state index contributed by atoms with van der Waals surface area (Å²) >= 11 is 0.